The molecule has 0 saturated heterocycles. The third kappa shape index (κ3) is 5.32. The lowest BCUT2D eigenvalue weighted by Crippen LogP contribution is -2.36. The first-order chi connectivity index (χ1) is 9.99. The lowest BCUT2D eigenvalue weighted by Gasteiger charge is -2.22. The van der Waals surface area contributed by atoms with Crippen LogP contribution in [-0.4, -0.2) is 60.9 Å². The second-order valence-corrected chi connectivity index (χ2v) is 5.09. The SMILES string of the molecule is CCCNc1cc(C)ncc1C(=O)N(C)CC(O)COC. The maximum absolute atomic E-state index is 12.5. The number of pyridine rings is 1. The number of nitrogens with one attached hydrogen (secondary N) is 1. The van der Waals surface area contributed by atoms with Crippen LogP contribution in [0.2, 0.25) is 0 Å². The van der Waals surface area contributed by atoms with Crippen molar-refractivity contribution < 1.29 is 14.6 Å². The number of ether oxygens (including phenoxy) is 1. The largest absolute Gasteiger partial charge is 0.389 e. The second-order valence-electron chi connectivity index (χ2n) is 5.09. The maximum atomic E-state index is 12.5. The van der Waals surface area contributed by atoms with Crippen molar-refractivity contribution >= 4 is 11.6 Å². The molecule has 1 heterocycles. The molecule has 0 spiro atoms. The maximum Gasteiger partial charge on any atom is 0.257 e. The van der Waals surface area contributed by atoms with Gasteiger partial charge in [0.15, 0.2) is 0 Å². The monoisotopic (exact) mass is 295 g/mol. The summed E-state index contributed by atoms with van der Waals surface area (Å²) in [6.07, 6.45) is 1.85. The number of carbonyl (C=O) groups is 1. The molecule has 1 aromatic heterocycles. The molecule has 2 N–H and O–H groups in total. The highest BCUT2D eigenvalue weighted by Crippen LogP contribution is 2.17. The van der Waals surface area contributed by atoms with Gasteiger partial charge in [-0.15, -0.1) is 0 Å². The van der Waals surface area contributed by atoms with E-state index in [9.17, 15) is 9.90 Å². The third-order valence-corrected chi connectivity index (χ3v) is 3.03. The number of aryl methyl sites for hydroxylation is 1. The Labute approximate surface area is 126 Å². The number of nitrogens with zero attached hydrogens (tertiary/aromatic N) is 2. The Hall–Kier alpha value is -1.66. The van der Waals surface area contributed by atoms with E-state index in [0.29, 0.717) is 5.56 Å². The number of aliphatic hydroxyl groups excluding tert-OH is 1. The van der Waals surface area contributed by atoms with Gasteiger partial charge in [-0.25, -0.2) is 0 Å². The molecule has 0 aliphatic carbocycles. The van der Waals surface area contributed by atoms with E-state index < -0.39 is 6.10 Å². The van der Waals surface area contributed by atoms with Gasteiger partial charge in [0.05, 0.1) is 24.0 Å². The van der Waals surface area contributed by atoms with Crippen molar-refractivity contribution in [3.63, 3.8) is 0 Å². The molecule has 0 bridgehead atoms. The topological polar surface area (TPSA) is 74.7 Å². The molecule has 0 aliphatic rings. The van der Waals surface area contributed by atoms with Crippen LogP contribution < -0.4 is 5.32 Å². The van der Waals surface area contributed by atoms with Gasteiger partial charge in [-0.2, -0.15) is 0 Å². The lowest BCUT2D eigenvalue weighted by atomic mass is 10.1. The van der Waals surface area contributed by atoms with Crippen LogP contribution in [0.4, 0.5) is 5.69 Å². The predicted molar refractivity (Wildman–Crippen MR) is 82.6 cm³/mol. The first kappa shape index (κ1) is 17.4. The molecule has 1 aromatic rings. The molecule has 0 saturated carbocycles. The molecule has 6 nitrogen and oxygen atoms in total. The highest BCUT2D eigenvalue weighted by molar-refractivity contribution is 5.99. The number of amides is 1. The van der Waals surface area contributed by atoms with Crippen LogP contribution in [0.3, 0.4) is 0 Å². The number of aliphatic hydroxyl groups is 1. The number of aromatic nitrogens is 1. The van der Waals surface area contributed by atoms with Gasteiger partial charge < -0.3 is 20.1 Å². The van der Waals surface area contributed by atoms with Crippen molar-refractivity contribution in [1.82, 2.24) is 9.88 Å². The van der Waals surface area contributed by atoms with Crippen LogP contribution >= 0.6 is 0 Å². The summed E-state index contributed by atoms with van der Waals surface area (Å²) in [7, 11) is 3.17. The van der Waals surface area contributed by atoms with Gasteiger partial charge in [0.1, 0.15) is 0 Å². The molecule has 0 radical (unpaired) electrons. The van der Waals surface area contributed by atoms with E-state index >= 15 is 0 Å². The van der Waals surface area contributed by atoms with Gasteiger partial charge in [-0.1, -0.05) is 6.92 Å². The van der Waals surface area contributed by atoms with Crippen LogP contribution in [0.25, 0.3) is 0 Å². The van der Waals surface area contributed by atoms with Crippen molar-refractivity contribution in [1.29, 1.82) is 0 Å². The summed E-state index contributed by atoms with van der Waals surface area (Å²) in [6, 6.07) is 1.86. The molecular formula is C15H25N3O3. The van der Waals surface area contributed by atoms with E-state index in [1.807, 2.05) is 13.0 Å². The minimum atomic E-state index is -0.700. The van der Waals surface area contributed by atoms with Gasteiger partial charge in [0.25, 0.3) is 5.91 Å². The average Bonchev–Trinajstić information content (AvgIpc) is 2.44. The second kappa shape index (κ2) is 8.59. The van der Waals surface area contributed by atoms with E-state index in [1.165, 1.54) is 12.0 Å². The number of anilines is 1. The van der Waals surface area contributed by atoms with E-state index in [0.717, 1.165) is 24.3 Å². The highest BCUT2D eigenvalue weighted by Gasteiger charge is 2.19. The summed E-state index contributed by atoms with van der Waals surface area (Å²) < 4.78 is 4.87. The first-order valence-corrected chi connectivity index (χ1v) is 7.12. The average molecular weight is 295 g/mol. The Morgan fingerprint density at radius 3 is 2.90 bits per heavy atom. The van der Waals surface area contributed by atoms with Crippen LogP contribution in [0.1, 0.15) is 29.4 Å². The molecule has 6 heteroatoms. The van der Waals surface area contributed by atoms with Crippen LogP contribution in [0.5, 0.6) is 0 Å². The normalized spacial score (nSPS) is 12.0. The van der Waals surface area contributed by atoms with Crippen LogP contribution in [0, 0.1) is 6.92 Å². The molecule has 0 fully saturated rings. The third-order valence-electron chi connectivity index (χ3n) is 3.03. The summed E-state index contributed by atoms with van der Waals surface area (Å²) in [5.41, 5.74) is 2.15. The minimum Gasteiger partial charge on any atom is -0.389 e. The number of carbonyl (C=O) groups excluding carboxylic acids is 1. The molecule has 118 valence electrons. The zero-order chi connectivity index (χ0) is 15.8. The number of rotatable bonds is 8. The van der Waals surface area contributed by atoms with Gasteiger partial charge in [-0.05, 0) is 19.4 Å². The quantitative estimate of drug-likeness (QED) is 0.756. The first-order valence-electron chi connectivity index (χ1n) is 7.12. The summed E-state index contributed by atoms with van der Waals surface area (Å²) in [4.78, 5) is 18.1. The standard InChI is InChI=1S/C15H25N3O3/c1-5-6-16-14-7-11(2)17-8-13(14)15(20)18(3)9-12(19)10-21-4/h7-8,12,19H,5-6,9-10H2,1-4H3,(H,16,17). The smallest absolute Gasteiger partial charge is 0.257 e. The molecule has 1 unspecified atom stereocenters. The molecule has 1 rings (SSSR count). The lowest BCUT2D eigenvalue weighted by molar-refractivity contribution is 0.0380. The fourth-order valence-corrected chi connectivity index (χ4v) is 1.99. The van der Waals surface area contributed by atoms with E-state index in [1.54, 1.807) is 13.2 Å². The van der Waals surface area contributed by atoms with E-state index in [4.69, 9.17) is 4.74 Å². The highest BCUT2D eigenvalue weighted by atomic mass is 16.5. The van der Waals surface area contributed by atoms with Crippen molar-refractivity contribution in [2.45, 2.75) is 26.4 Å². The Balaban J connectivity index is 2.85. The summed E-state index contributed by atoms with van der Waals surface area (Å²) in [5, 5.41) is 13.0. The van der Waals surface area contributed by atoms with Crippen LogP contribution in [-0.2, 0) is 4.74 Å². The van der Waals surface area contributed by atoms with Gasteiger partial charge >= 0.3 is 0 Å². The van der Waals surface area contributed by atoms with Crippen molar-refractivity contribution in [3.8, 4) is 0 Å². The van der Waals surface area contributed by atoms with Gasteiger partial charge in [-0.3, -0.25) is 9.78 Å². The molecule has 21 heavy (non-hydrogen) atoms. The van der Waals surface area contributed by atoms with Crippen molar-refractivity contribution in [2.24, 2.45) is 0 Å². The molecule has 1 amide bonds. The van der Waals surface area contributed by atoms with E-state index in [-0.39, 0.29) is 19.1 Å². The number of hydrogen-bond acceptors (Lipinski definition) is 5. The fourth-order valence-electron chi connectivity index (χ4n) is 1.99. The fraction of sp³-hybridized carbons (Fsp3) is 0.600. The van der Waals surface area contributed by atoms with Gasteiger partial charge in [0, 0.05) is 39.1 Å². The number of likely N-dealkylation sites (N-methyl/N-ethyl adjacent to an activating group) is 1. The Bertz CT molecular complexity index is 465. The zero-order valence-corrected chi connectivity index (χ0v) is 13.2. The van der Waals surface area contributed by atoms with E-state index in [2.05, 4.69) is 17.2 Å². The van der Waals surface area contributed by atoms with Crippen molar-refractivity contribution in [2.75, 3.05) is 39.2 Å². The Kier molecular flexibility index (Phi) is 7.11. The summed E-state index contributed by atoms with van der Waals surface area (Å²) >= 11 is 0. The summed E-state index contributed by atoms with van der Waals surface area (Å²) in [5.74, 6) is -0.170. The Morgan fingerprint density at radius 1 is 1.57 bits per heavy atom. The Morgan fingerprint density at radius 2 is 2.29 bits per heavy atom. The minimum absolute atomic E-state index is 0.170. The predicted octanol–water partition coefficient (Wildman–Crippen LogP) is 1.29. The number of hydrogen-bond donors (Lipinski definition) is 2. The molecule has 0 aromatic carbocycles. The number of methoxy groups -OCH3 is 1. The molecule has 1 atom stereocenters. The molecule has 0 aliphatic heterocycles. The summed E-state index contributed by atoms with van der Waals surface area (Å²) in [6.45, 7) is 5.16. The van der Waals surface area contributed by atoms with Crippen molar-refractivity contribution in [3.05, 3.63) is 23.5 Å². The molecular weight excluding hydrogens is 270 g/mol. The van der Waals surface area contributed by atoms with Gasteiger partial charge in [0.2, 0.25) is 0 Å². The van der Waals surface area contributed by atoms with Crippen LogP contribution in [0.15, 0.2) is 12.3 Å². The zero-order valence-electron chi connectivity index (χ0n) is 13.2.